The second kappa shape index (κ2) is 3.89. The normalized spacial score (nSPS) is 42.8. The van der Waals surface area contributed by atoms with Gasteiger partial charge in [0.15, 0.2) is 0 Å². The second-order valence-electron chi connectivity index (χ2n) is 7.18. The maximum atomic E-state index is 10.2. The third-order valence-electron chi connectivity index (χ3n) is 4.03. The van der Waals surface area contributed by atoms with Gasteiger partial charge in [0.1, 0.15) is 6.23 Å². The highest BCUT2D eigenvalue weighted by molar-refractivity contribution is 7.97. The third kappa shape index (κ3) is 2.41. The molecule has 3 unspecified atom stereocenters. The van der Waals surface area contributed by atoms with Crippen molar-refractivity contribution in [1.29, 1.82) is 0 Å². The van der Waals surface area contributed by atoms with Crippen molar-refractivity contribution in [1.82, 2.24) is 4.31 Å². The summed E-state index contributed by atoms with van der Waals surface area (Å²) in [5, 5.41) is 10.8. The van der Waals surface area contributed by atoms with Gasteiger partial charge in [0.05, 0.1) is 0 Å². The number of hydrogen-bond donors (Lipinski definition) is 1. The maximum Gasteiger partial charge on any atom is 0.120 e. The first kappa shape index (κ1) is 12.7. The zero-order chi connectivity index (χ0) is 12.1. The monoisotopic (exact) mass is 243 g/mol. The average Bonchev–Trinajstić information content (AvgIpc) is 2.27. The van der Waals surface area contributed by atoms with Gasteiger partial charge in [-0.05, 0) is 30.1 Å². The van der Waals surface area contributed by atoms with Crippen LogP contribution in [0.4, 0.5) is 0 Å². The Labute approximate surface area is 104 Å². The van der Waals surface area contributed by atoms with E-state index in [4.69, 9.17) is 0 Å². The minimum atomic E-state index is -0.247. The molecule has 3 heteroatoms. The number of fused-ring (bicyclic) bond motifs is 1. The highest BCUT2D eigenvalue weighted by Crippen LogP contribution is 2.53. The van der Waals surface area contributed by atoms with E-state index >= 15 is 0 Å². The number of aliphatic hydroxyl groups excluding tert-OH is 1. The Bertz CT molecular complexity index is 277. The van der Waals surface area contributed by atoms with Gasteiger partial charge < -0.3 is 5.11 Å². The first-order chi connectivity index (χ1) is 7.20. The summed E-state index contributed by atoms with van der Waals surface area (Å²) in [6, 6.07) is 0. The van der Waals surface area contributed by atoms with Crippen LogP contribution in [-0.4, -0.2) is 27.9 Å². The molecule has 0 radical (unpaired) electrons. The molecule has 2 rings (SSSR count). The van der Waals surface area contributed by atoms with Crippen molar-refractivity contribution in [2.24, 2.45) is 16.7 Å². The largest absolute Gasteiger partial charge is 0.377 e. The smallest absolute Gasteiger partial charge is 0.120 e. The van der Waals surface area contributed by atoms with Crippen LogP contribution < -0.4 is 0 Å². The summed E-state index contributed by atoms with van der Waals surface area (Å²) in [5.74, 6) is 0.451. The van der Waals surface area contributed by atoms with Gasteiger partial charge in [-0.1, -0.05) is 39.6 Å². The van der Waals surface area contributed by atoms with E-state index in [-0.39, 0.29) is 6.23 Å². The first-order valence-corrected chi connectivity index (χ1v) is 7.12. The molecule has 2 aliphatic rings. The van der Waals surface area contributed by atoms with E-state index in [1.807, 2.05) is 23.3 Å². The molecule has 2 nitrogen and oxygen atoms in total. The van der Waals surface area contributed by atoms with Gasteiger partial charge in [0.2, 0.25) is 0 Å². The number of rotatable bonds is 0. The average molecular weight is 243 g/mol. The van der Waals surface area contributed by atoms with Crippen LogP contribution in [0, 0.1) is 16.7 Å². The molecular formula is C13H25NOS. The van der Waals surface area contributed by atoms with Crippen LogP contribution in [0.1, 0.15) is 47.0 Å². The van der Waals surface area contributed by atoms with Gasteiger partial charge in [-0.2, -0.15) is 0 Å². The molecule has 16 heavy (non-hydrogen) atoms. The Morgan fingerprint density at radius 1 is 1.12 bits per heavy atom. The van der Waals surface area contributed by atoms with Crippen LogP contribution in [0.25, 0.3) is 0 Å². The summed E-state index contributed by atoms with van der Waals surface area (Å²) in [7, 11) is 2.02. The van der Waals surface area contributed by atoms with E-state index < -0.39 is 0 Å². The van der Waals surface area contributed by atoms with Gasteiger partial charge in [0.25, 0.3) is 0 Å². The van der Waals surface area contributed by atoms with Crippen molar-refractivity contribution in [3.63, 3.8) is 0 Å². The summed E-state index contributed by atoms with van der Waals surface area (Å²) < 4.78 is 2.05. The zero-order valence-corrected chi connectivity index (χ0v) is 12.0. The molecule has 0 bridgehead atoms. The van der Waals surface area contributed by atoms with Crippen molar-refractivity contribution >= 4 is 11.9 Å². The minimum absolute atomic E-state index is 0.247. The Hall–Kier alpha value is 0.270. The lowest BCUT2D eigenvalue weighted by Gasteiger charge is -2.33. The van der Waals surface area contributed by atoms with Crippen molar-refractivity contribution in [3.05, 3.63) is 0 Å². The molecule has 1 aliphatic heterocycles. The molecule has 3 atom stereocenters. The lowest BCUT2D eigenvalue weighted by molar-refractivity contribution is 0.0275. The standard InChI is InChI=1S/C13H25NOS/c1-12(2)6-9-10(7-13(3,4)8-12)16-14(5)11(9)15/h9-11,15H,6-8H2,1-5H3. The number of nitrogens with zero attached hydrogens (tertiary/aromatic N) is 1. The molecule has 0 aromatic rings. The van der Waals surface area contributed by atoms with Crippen molar-refractivity contribution < 1.29 is 5.11 Å². The van der Waals surface area contributed by atoms with Crippen molar-refractivity contribution in [3.8, 4) is 0 Å². The first-order valence-electron chi connectivity index (χ1n) is 6.28. The fourth-order valence-corrected chi connectivity index (χ4v) is 5.49. The summed E-state index contributed by atoms with van der Waals surface area (Å²) in [4.78, 5) is 0. The highest BCUT2D eigenvalue weighted by Gasteiger charge is 2.48. The minimum Gasteiger partial charge on any atom is -0.377 e. The SMILES string of the molecule is CN1SC2CC(C)(C)CC(C)(C)CC2C1O. The molecule has 1 N–H and O–H groups in total. The van der Waals surface area contributed by atoms with E-state index in [2.05, 4.69) is 27.7 Å². The molecular weight excluding hydrogens is 218 g/mol. The molecule has 1 aliphatic carbocycles. The van der Waals surface area contributed by atoms with Gasteiger partial charge in [0, 0.05) is 18.2 Å². The van der Waals surface area contributed by atoms with E-state index in [1.165, 1.54) is 12.8 Å². The molecule has 2 fully saturated rings. The molecule has 0 aromatic heterocycles. The van der Waals surface area contributed by atoms with E-state index in [9.17, 15) is 5.11 Å². The number of hydrogen-bond acceptors (Lipinski definition) is 3. The lowest BCUT2D eigenvalue weighted by Crippen LogP contribution is -2.31. The summed E-state index contributed by atoms with van der Waals surface area (Å²) >= 11 is 1.86. The molecule has 1 heterocycles. The van der Waals surface area contributed by atoms with E-state index in [0.29, 0.717) is 22.0 Å². The Kier molecular flexibility index (Phi) is 3.09. The van der Waals surface area contributed by atoms with Crippen LogP contribution in [-0.2, 0) is 0 Å². The molecule has 1 saturated carbocycles. The van der Waals surface area contributed by atoms with Crippen LogP contribution >= 0.6 is 11.9 Å². The third-order valence-corrected chi connectivity index (χ3v) is 5.37. The Morgan fingerprint density at radius 2 is 1.69 bits per heavy atom. The predicted molar refractivity (Wildman–Crippen MR) is 70.1 cm³/mol. The van der Waals surface area contributed by atoms with Crippen LogP contribution in [0.5, 0.6) is 0 Å². The highest BCUT2D eigenvalue weighted by atomic mass is 32.2. The predicted octanol–water partition coefficient (Wildman–Crippen LogP) is 3.12. The topological polar surface area (TPSA) is 23.5 Å². The van der Waals surface area contributed by atoms with E-state index in [1.54, 1.807) is 0 Å². The molecule has 1 saturated heterocycles. The van der Waals surface area contributed by atoms with Gasteiger partial charge in [-0.15, -0.1) is 0 Å². The van der Waals surface area contributed by atoms with Crippen LogP contribution in [0.2, 0.25) is 0 Å². The summed E-state index contributed by atoms with van der Waals surface area (Å²) in [5.41, 5.74) is 0.760. The van der Waals surface area contributed by atoms with Crippen molar-refractivity contribution in [2.75, 3.05) is 7.05 Å². The van der Waals surface area contributed by atoms with Crippen LogP contribution in [0.15, 0.2) is 0 Å². The van der Waals surface area contributed by atoms with Gasteiger partial charge >= 0.3 is 0 Å². The quantitative estimate of drug-likeness (QED) is 0.661. The van der Waals surface area contributed by atoms with Crippen LogP contribution in [0.3, 0.4) is 0 Å². The molecule has 94 valence electrons. The number of aliphatic hydroxyl groups is 1. The fourth-order valence-electron chi connectivity index (χ4n) is 3.86. The maximum absolute atomic E-state index is 10.2. The Morgan fingerprint density at radius 3 is 2.31 bits per heavy atom. The molecule has 0 spiro atoms. The fraction of sp³-hybridized carbons (Fsp3) is 1.00. The molecule has 0 aromatic carbocycles. The zero-order valence-electron chi connectivity index (χ0n) is 11.2. The van der Waals surface area contributed by atoms with Gasteiger partial charge in [-0.3, -0.25) is 0 Å². The van der Waals surface area contributed by atoms with Gasteiger partial charge in [-0.25, -0.2) is 4.31 Å². The lowest BCUT2D eigenvalue weighted by atomic mass is 9.74. The second-order valence-corrected chi connectivity index (χ2v) is 8.57. The molecule has 0 amide bonds. The van der Waals surface area contributed by atoms with Crippen molar-refractivity contribution in [2.45, 2.75) is 58.4 Å². The summed E-state index contributed by atoms with van der Waals surface area (Å²) in [6.07, 6.45) is 3.40. The summed E-state index contributed by atoms with van der Waals surface area (Å²) in [6.45, 7) is 9.46. The Balaban J connectivity index is 2.24. The van der Waals surface area contributed by atoms with E-state index in [0.717, 1.165) is 6.42 Å².